The average Bonchev–Trinajstić information content (AvgIpc) is 2.35. The van der Waals surface area contributed by atoms with Crippen LogP contribution in [0.15, 0.2) is 24.3 Å². The summed E-state index contributed by atoms with van der Waals surface area (Å²) in [6, 6.07) is 7.25. The van der Waals surface area contributed by atoms with Gasteiger partial charge in [-0.1, -0.05) is 30.7 Å². The third-order valence-electron chi connectivity index (χ3n) is 2.84. The predicted molar refractivity (Wildman–Crippen MR) is 70.2 cm³/mol. The summed E-state index contributed by atoms with van der Waals surface area (Å²) in [6.07, 6.45) is 0.190. The smallest absolute Gasteiger partial charge is 0.0802 e. The third-order valence-corrected chi connectivity index (χ3v) is 3.09. The fourth-order valence-electron chi connectivity index (χ4n) is 1.73. The van der Waals surface area contributed by atoms with E-state index < -0.39 is 6.10 Å². The number of hydrogen-bond donors (Lipinski definition) is 2. The van der Waals surface area contributed by atoms with Gasteiger partial charge in [0.1, 0.15) is 0 Å². The number of halogens is 1. The van der Waals surface area contributed by atoms with Crippen LogP contribution >= 0.6 is 11.6 Å². The highest BCUT2D eigenvalue weighted by Gasteiger charge is 2.09. The number of aliphatic hydroxyl groups excluding tert-OH is 2. The van der Waals surface area contributed by atoms with Crippen molar-refractivity contribution in [2.75, 3.05) is 26.2 Å². The topological polar surface area (TPSA) is 43.7 Å². The van der Waals surface area contributed by atoms with Crippen LogP contribution < -0.4 is 0 Å². The van der Waals surface area contributed by atoms with Crippen molar-refractivity contribution in [2.45, 2.75) is 19.4 Å². The van der Waals surface area contributed by atoms with Crippen molar-refractivity contribution in [3.05, 3.63) is 34.9 Å². The maximum Gasteiger partial charge on any atom is 0.0802 e. The monoisotopic (exact) mass is 257 g/mol. The number of benzene rings is 1. The Balaban J connectivity index is 2.43. The first-order valence-electron chi connectivity index (χ1n) is 5.94. The fourth-order valence-corrected chi connectivity index (χ4v) is 1.85. The minimum absolute atomic E-state index is 0.158. The molecule has 0 saturated carbocycles. The number of hydrogen-bond acceptors (Lipinski definition) is 3. The largest absolute Gasteiger partial charge is 0.395 e. The van der Waals surface area contributed by atoms with E-state index in [-0.39, 0.29) is 6.61 Å². The van der Waals surface area contributed by atoms with Gasteiger partial charge in [-0.15, -0.1) is 0 Å². The Bertz CT molecular complexity index is 316. The van der Waals surface area contributed by atoms with Crippen LogP contribution in [-0.4, -0.2) is 41.4 Å². The van der Waals surface area contributed by atoms with Gasteiger partial charge in [0, 0.05) is 18.1 Å². The lowest BCUT2D eigenvalue weighted by Gasteiger charge is -2.21. The van der Waals surface area contributed by atoms with Crippen molar-refractivity contribution >= 4 is 11.6 Å². The van der Waals surface area contributed by atoms with Crippen LogP contribution in [-0.2, 0) is 0 Å². The molecule has 0 radical (unpaired) electrons. The number of rotatable bonds is 7. The summed E-state index contributed by atoms with van der Waals surface area (Å²) in [5.41, 5.74) is 0.884. The fraction of sp³-hybridized carbons (Fsp3) is 0.538. The Hall–Kier alpha value is -0.610. The van der Waals surface area contributed by atoms with Crippen LogP contribution in [0.5, 0.6) is 0 Å². The maximum atomic E-state index is 9.99. The van der Waals surface area contributed by atoms with Crippen LogP contribution in [0.3, 0.4) is 0 Å². The minimum atomic E-state index is -0.472. The molecule has 2 N–H and O–H groups in total. The first kappa shape index (κ1) is 14.5. The van der Waals surface area contributed by atoms with Gasteiger partial charge < -0.3 is 15.1 Å². The van der Waals surface area contributed by atoms with Crippen LogP contribution in [0, 0.1) is 0 Å². The van der Waals surface area contributed by atoms with E-state index in [1.165, 1.54) is 0 Å². The molecule has 0 fully saturated rings. The predicted octanol–water partition coefficient (Wildman–Crippen LogP) is 2.08. The summed E-state index contributed by atoms with van der Waals surface area (Å²) in [5, 5.41) is 19.5. The van der Waals surface area contributed by atoms with E-state index in [0.29, 0.717) is 18.0 Å². The Labute approximate surface area is 108 Å². The summed E-state index contributed by atoms with van der Waals surface area (Å²) in [7, 11) is 0. The Morgan fingerprint density at radius 3 is 2.41 bits per heavy atom. The molecule has 1 rings (SSSR count). The summed E-state index contributed by atoms with van der Waals surface area (Å²) >= 11 is 5.79. The molecule has 1 aromatic carbocycles. The molecule has 96 valence electrons. The molecule has 0 spiro atoms. The minimum Gasteiger partial charge on any atom is -0.395 e. The second kappa shape index (κ2) is 7.67. The van der Waals surface area contributed by atoms with Gasteiger partial charge in [0.05, 0.1) is 12.7 Å². The number of aliphatic hydroxyl groups is 2. The number of likely N-dealkylation sites (N-methyl/N-ethyl adjacent to an activating group) is 1. The van der Waals surface area contributed by atoms with Crippen molar-refractivity contribution in [2.24, 2.45) is 0 Å². The molecule has 0 aromatic heterocycles. The molecule has 1 aromatic rings. The molecular weight excluding hydrogens is 238 g/mol. The summed E-state index contributed by atoms with van der Waals surface area (Å²) in [5.74, 6) is 0. The van der Waals surface area contributed by atoms with Gasteiger partial charge in [0.15, 0.2) is 0 Å². The Morgan fingerprint density at radius 1 is 1.24 bits per heavy atom. The lowest BCUT2D eigenvalue weighted by atomic mass is 10.1. The third kappa shape index (κ3) is 5.04. The van der Waals surface area contributed by atoms with Gasteiger partial charge in [-0.05, 0) is 30.7 Å². The normalized spacial score (nSPS) is 13.0. The van der Waals surface area contributed by atoms with Crippen molar-refractivity contribution in [3.8, 4) is 0 Å². The van der Waals surface area contributed by atoms with Crippen molar-refractivity contribution in [3.63, 3.8) is 0 Å². The van der Waals surface area contributed by atoms with E-state index in [0.717, 1.165) is 18.7 Å². The molecular formula is C13H20ClNO2. The molecule has 1 unspecified atom stereocenters. The second-order valence-corrected chi connectivity index (χ2v) is 4.45. The average molecular weight is 258 g/mol. The molecule has 3 nitrogen and oxygen atoms in total. The van der Waals surface area contributed by atoms with Gasteiger partial charge in [-0.3, -0.25) is 0 Å². The zero-order valence-electron chi connectivity index (χ0n) is 10.1. The van der Waals surface area contributed by atoms with E-state index in [9.17, 15) is 5.11 Å². The van der Waals surface area contributed by atoms with Crippen molar-refractivity contribution in [1.29, 1.82) is 0 Å². The van der Waals surface area contributed by atoms with Gasteiger partial charge in [-0.25, -0.2) is 0 Å². The first-order chi connectivity index (χ1) is 8.17. The lowest BCUT2D eigenvalue weighted by Crippen LogP contribution is -2.28. The van der Waals surface area contributed by atoms with Gasteiger partial charge in [-0.2, -0.15) is 0 Å². The molecule has 0 amide bonds. The Kier molecular flexibility index (Phi) is 6.52. The highest BCUT2D eigenvalue weighted by atomic mass is 35.5. The highest BCUT2D eigenvalue weighted by Crippen LogP contribution is 2.19. The van der Waals surface area contributed by atoms with E-state index >= 15 is 0 Å². The van der Waals surface area contributed by atoms with E-state index in [2.05, 4.69) is 4.90 Å². The summed E-state index contributed by atoms with van der Waals surface area (Å²) in [4.78, 5) is 2.11. The summed E-state index contributed by atoms with van der Waals surface area (Å²) < 4.78 is 0. The zero-order chi connectivity index (χ0) is 12.7. The van der Waals surface area contributed by atoms with Gasteiger partial charge >= 0.3 is 0 Å². The van der Waals surface area contributed by atoms with Crippen LogP contribution in [0.1, 0.15) is 25.0 Å². The highest BCUT2D eigenvalue weighted by molar-refractivity contribution is 6.30. The van der Waals surface area contributed by atoms with Crippen LogP contribution in [0.4, 0.5) is 0 Å². The standard InChI is InChI=1S/C13H20ClNO2/c1-2-15(9-10-16)8-7-13(17)11-3-5-12(14)6-4-11/h3-6,13,16-17H,2,7-10H2,1H3. The van der Waals surface area contributed by atoms with Crippen molar-refractivity contribution in [1.82, 2.24) is 4.90 Å². The molecule has 1 atom stereocenters. The molecule has 17 heavy (non-hydrogen) atoms. The molecule has 0 aliphatic carbocycles. The lowest BCUT2D eigenvalue weighted by molar-refractivity contribution is 0.133. The van der Waals surface area contributed by atoms with Gasteiger partial charge in [0.2, 0.25) is 0 Å². The SMILES string of the molecule is CCN(CCO)CCC(O)c1ccc(Cl)cc1. The Morgan fingerprint density at radius 2 is 1.88 bits per heavy atom. The quantitative estimate of drug-likeness (QED) is 0.786. The molecule has 0 aliphatic heterocycles. The van der Waals surface area contributed by atoms with Crippen LogP contribution in [0.2, 0.25) is 5.02 Å². The van der Waals surface area contributed by atoms with Crippen LogP contribution in [0.25, 0.3) is 0 Å². The molecule has 0 heterocycles. The molecule has 0 saturated heterocycles. The number of nitrogens with zero attached hydrogens (tertiary/aromatic N) is 1. The van der Waals surface area contributed by atoms with Gasteiger partial charge in [0.25, 0.3) is 0 Å². The first-order valence-corrected chi connectivity index (χ1v) is 6.32. The maximum absolute atomic E-state index is 9.99. The second-order valence-electron chi connectivity index (χ2n) is 4.01. The van der Waals surface area contributed by atoms with E-state index in [1.54, 1.807) is 12.1 Å². The molecule has 4 heteroatoms. The van der Waals surface area contributed by atoms with Crippen molar-refractivity contribution < 1.29 is 10.2 Å². The zero-order valence-corrected chi connectivity index (χ0v) is 10.9. The van der Waals surface area contributed by atoms with E-state index in [4.69, 9.17) is 16.7 Å². The van der Waals surface area contributed by atoms with E-state index in [1.807, 2.05) is 19.1 Å². The summed E-state index contributed by atoms with van der Waals surface area (Å²) in [6.45, 7) is 4.52. The molecule has 0 bridgehead atoms. The molecule has 0 aliphatic rings.